The van der Waals surface area contributed by atoms with Crippen LogP contribution in [0.25, 0.3) is 0 Å². The van der Waals surface area contributed by atoms with E-state index in [1.54, 1.807) is 24.3 Å². The Bertz CT molecular complexity index is 602. The lowest BCUT2D eigenvalue weighted by Gasteiger charge is -2.27. The lowest BCUT2D eigenvalue weighted by Crippen LogP contribution is -2.48. The number of pyridine rings is 1. The fraction of sp³-hybridized carbons (Fsp3) is 0.632. The molecule has 3 heterocycles. The van der Waals surface area contributed by atoms with Crippen molar-refractivity contribution in [3.63, 3.8) is 0 Å². The number of aromatic nitrogens is 1. The zero-order valence-electron chi connectivity index (χ0n) is 15.4. The molecule has 0 spiro atoms. The molecule has 7 nitrogen and oxygen atoms in total. The number of rotatable bonds is 5. The summed E-state index contributed by atoms with van der Waals surface area (Å²) in [6.45, 7) is 2.73. The molecule has 0 aromatic carbocycles. The van der Waals surface area contributed by atoms with Crippen molar-refractivity contribution in [1.82, 2.24) is 20.1 Å². The molecule has 2 fully saturated rings. The minimum Gasteiger partial charge on any atom is -0.487 e. The van der Waals surface area contributed by atoms with E-state index in [9.17, 15) is 9.59 Å². The first-order valence-electron chi connectivity index (χ1n) is 9.47. The van der Waals surface area contributed by atoms with Gasteiger partial charge in [0.25, 0.3) is 0 Å². The highest BCUT2D eigenvalue weighted by Crippen LogP contribution is 2.23. The Labute approximate surface area is 154 Å². The predicted octanol–water partition coefficient (Wildman–Crippen LogP) is 1.05. The minimum absolute atomic E-state index is 0.0118. The van der Waals surface area contributed by atoms with Gasteiger partial charge < -0.3 is 15.0 Å². The highest BCUT2D eigenvalue weighted by atomic mass is 16.5. The molecule has 7 heteroatoms. The van der Waals surface area contributed by atoms with Crippen molar-refractivity contribution in [2.75, 3.05) is 33.2 Å². The van der Waals surface area contributed by atoms with E-state index >= 15 is 0 Å². The van der Waals surface area contributed by atoms with Crippen LogP contribution in [0.2, 0.25) is 0 Å². The SMILES string of the molecule is CNC(=O)[C@@H]1C[C@H](Oc2cccnc2)CN1C(=O)CN1CCCCCC1. The Morgan fingerprint density at radius 1 is 1.27 bits per heavy atom. The van der Waals surface area contributed by atoms with Crippen LogP contribution in [0.4, 0.5) is 0 Å². The average molecular weight is 360 g/mol. The molecule has 2 atom stereocenters. The van der Waals surface area contributed by atoms with Gasteiger partial charge in [-0.15, -0.1) is 0 Å². The first-order valence-corrected chi connectivity index (χ1v) is 9.47. The van der Waals surface area contributed by atoms with Gasteiger partial charge in [0.1, 0.15) is 17.9 Å². The second-order valence-electron chi connectivity index (χ2n) is 7.03. The van der Waals surface area contributed by atoms with Crippen molar-refractivity contribution in [2.24, 2.45) is 0 Å². The molecule has 2 saturated heterocycles. The third kappa shape index (κ3) is 4.72. The normalized spacial score (nSPS) is 24.1. The van der Waals surface area contributed by atoms with E-state index in [0.29, 0.717) is 25.3 Å². The zero-order valence-corrected chi connectivity index (χ0v) is 15.4. The Kier molecular flexibility index (Phi) is 6.44. The number of likely N-dealkylation sites (N-methyl/N-ethyl adjacent to an activating group) is 1. The molecule has 1 N–H and O–H groups in total. The lowest BCUT2D eigenvalue weighted by molar-refractivity contribution is -0.139. The van der Waals surface area contributed by atoms with Crippen LogP contribution in [-0.2, 0) is 9.59 Å². The van der Waals surface area contributed by atoms with Gasteiger partial charge in [0.2, 0.25) is 11.8 Å². The molecule has 2 aliphatic rings. The van der Waals surface area contributed by atoms with Gasteiger partial charge in [-0.2, -0.15) is 0 Å². The highest BCUT2D eigenvalue weighted by Gasteiger charge is 2.40. The molecule has 0 saturated carbocycles. The van der Waals surface area contributed by atoms with Crippen LogP contribution in [0.3, 0.4) is 0 Å². The smallest absolute Gasteiger partial charge is 0.242 e. The van der Waals surface area contributed by atoms with Gasteiger partial charge in [-0.3, -0.25) is 19.5 Å². The summed E-state index contributed by atoms with van der Waals surface area (Å²) in [7, 11) is 1.61. The standard InChI is InChI=1S/C19H28N4O3/c1-20-19(25)17-11-16(26-15-7-6-8-21-12-15)13-23(17)18(24)14-22-9-4-2-3-5-10-22/h6-8,12,16-17H,2-5,9-11,13-14H2,1H3,(H,20,25)/t16-,17-/m0/s1. The molecule has 26 heavy (non-hydrogen) atoms. The summed E-state index contributed by atoms with van der Waals surface area (Å²) >= 11 is 0. The number of nitrogens with zero attached hydrogens (tertiary/aromatic N) is 3. The second-order valence-corrected chi connectivity index (χ2v) is 7.03. The van der Waals surface area contributed by atoms with E-state index in [0.717, 1.165) is 25.9 Å². The molecule has 3 rings (SSSR count). The number of amides is 2. The minimum atomic E-state index is -0.471. The summed E-state index contributed by atoms with van der Waals surface area (Å²) in [5.74, 6) is 0.541. The number of likely N-dealkylation sites (tertiary alicyclic amines) is 2. The van der Waals surface area contributed by atoms with Gasteiger partial charge in [-0.05, 0) is 38.1 Å². The lowest BCUT2D eigenvalue weighted by atomic mass is 10.2. The van der Waals surface area contributed by atoms with Crippen LogP contribution < -0.4 is 10.1 Å². The van der Waals surface area contributed by atoms with Crippen LogP contribution in [0.5, 0.6) is 5.75 Å². The fourth-order valence-electron chi connectivity index (χ4n) is 3.76. The molecule has 1 aromatic heterocycles. The number of ether oxygens (including phenoxy) is 1. The summed E-state index contributed by atoms with van der Waals surface area (Å²) in [4.78, 5) is 33.1. The first-order chi connectivity index (χ1) is 12.7. The number of hydrogen-bond acceptors (Lipinski definition) is 5. The fourth-order valence-corrected chi connectivity index (χ4v) is 3.76. The third-order valence-corrected chi connectivity index (χ3v) is 5.13. The van der Waals surface area contributed by atoms with Crippen molar-refractivity contribution in [3.05, 3.63) is 24.5 Å². The molecule has 1 aromatic rings. The maximum atomic E-state index is 12.9. The van der Waals surface area contributed by atoms with Gasteiger partial charge in [0, 0.05) is 19.7 Å². The molecule has 0 aliphatic carbocycles. The summed E-state index contributed by atoms with van der Waals surface area (Å²) in [6.07, 6.45) is 8.38. The van der Waals surface area contributed by atoms with E-state index in [1.807, 2.05) is 12.1 Å². The number of carbonyl (C=O) groups is 2. The van der Waals surface area contributed by atoms with E-state index in [2.05, 4.69) is 15.2 Å². The summed E-state index contributed by atoms with van der Waals surface area (Å²) in [5, 5.41) is 2.68. The van der Waals surface area contributed by atoms with Gasteiger partial charge in [0.15, 0.2) is 0 Å². The van der Waals surface area contributed by atoms with Gasteiger partial charge in [-0.1, -0.05) is 12.8 Å². The molecular formula is C19H28N4O3. The van der Waals surface area contributed by atoms with E-state index in [1.165, 1.54) is 12.8 Å². The average Bonchev–Trinajstić information content (AvgIpc) is 2.91. The molecule has 0 radical (unpaired) electrons. The molecule has 2 aliphatic heterocycles. The number of hydrogen-bond donors (Lipinski definition) is 1. The number of carbonyl (C=O) groups excluding carboxylic acids is 2. The largest absolute Gasteiger partial charge is 0.487 e. The molecule has 142 valence electrons. The molecule has 2 amide bonds. The van der Waals surface area contributed by atoms with Gasteiger partial charge in [0.05, 0.1) is 19.3 Å². The Morgan fingerprint density at radius 2 is 2.04 bits per heavy atom. The van der Waals surface area contributed by atoms with E-state index in [-0.39, 0.29) is 17.9 Å². The quantitative estimate of drug-likeness (QED) is 0.850. The maximum absolute atomic E-state index is 12.9. The van der Waals surface area contributed by atoms with Crippen molar-refractivity contribution in [2.45, 2.75) is 44.2 Å². The molecule has 0 unspecified atom stereocenters. The molecular weight excluding hydrogens is 332 g/mol. The Morgan fingerprint density at radius 3 is 2.69 bits per heavy atom. The Balaban J connectivity index is 1.64. The van der Waals surface area contributed by atoms with Gasteiger partial charge in [-0.25, -0.2) is 0 Å². The second kappa shape index (κ2) is 8.98. The van der Waals surface area contributed by atoms with Crippen molar-refractivity contribution in [1.29, 1.82) is 0 Å². The van der Waals surface area contributed by atoms with Crippen molar-refractivity contribution >= 4 is 11.8 Å². The summed E-state index contributed by atoms with van der Waals surface area (Å²) in [6, 6.07) is 3.17. The maximum Gasteiger partial charge on any atom is 0.242 e. The van der Waals surface area contributed by atoms with Crippen LogP contribution >= 0.6 is 0 Å². The Hall–Kier alpha value is -2.15. The first kappa shape index (κ1) is 18.6. The van der Waals surface area contributed by atoms with E-state index < -0.39 is 6.04 Å². The summed E-state index contributed by atoms with van der Waals surface area (Å²) in [5.41, 5.74) is 0. The van der Waals surface area contributed by atoms with E-state index in [4.69, 9.17) is 4.74 Å². The van der Waals surface area contributed by atoms with Gasteiger partial charge >= 0.3 is 0 Å². The third-order valence-electron chi connectivity index (χ3n) is 5.13. The number of nitrogens with one attached hydrogen (secondary N) is 1. The molecule has 0 bridgehead atoms. The summed E-state index contributed by atoms with van der Waals surface area (Å²) < 4.78 is 5.94. The van der Waals surface area contributed by atoms with Crippen LogP contribution in [0.1, 0.15) is 32.1 Å². The topological polar surface area (TPSA) is 74.8 Å². The zero-order chi connectivity index (χ0) is 18.4. The highest BCUT2D eigenvalue weighted by molar-refractivity contribution is 5.89. The van der Waals surface area contributed by atoms with Crippen molar-refractivity contribution in [3.8, 4) is 5.75 Å². The predicted molar refractivity (Wildman–Crippen MR) is 97.7 cm³/mol. The van der Waals surface area contributed by atoms with Crippen LogP contribution in [0.15, 0.2) is 24.5 Å². The van der Waals surface area contributed by atoms with Crippen LogP contribution in [-0.4, -0.2) is 72.0 Å². The van der Waals surface area contributed by atoms with Crippen molar-refractivity contribution < 1.29 is 14.3 Å². The monoisotopic (exact) mass is 360 g/mol. The van der Waals surface area contributed by atoms with Crippen LogP contribution in [0, 0.1) is 0 Å².